The van der Waals surface area contributed by atoms with Crippen LogP contribution in [-0.2, 0) is 9.59 Å². The van der Waals surface area contributed by atoms with Crippen LogP contribution in [0.2, 0.25) is 0 Å². The molecule has 4 nitrogen and oxygen atoms in total. The van der Waals surface area contributed by atoms with Crippen LogP contribution in [0.4, 0.5) is 5.69 Å². The third kappa shape index (κ3) is 5.98. The van der Waals surface area contributed by atoms with Gasteiger partial charge in [-0.05, 0) is 43.5 Å². The van der Waals surface area contributed by atoms with Crippen LogP contribution in [0.1, 0.15) is 44.2 Å². The highest BCUT2D eigenvalue weighted by Crippen LogP contribution is 2.19. The van der Waals surface area contributed by atoms with E-state index in [1.807, 2.05) is 26.0 Å². The highest BCUT2D eigenvalue weighted by molar-refractivity contribution is 5.92. The molecule has 4 heteroatoms. The molecule has 0 aliphatic rings. The van der Waals surface area contributed by atoms with Crippen LogP contribution in [-0.4, -0.2) is 24.9 Å². The Labute approximate surface area is 127 Å². The number of hydrogen-bond donors (Lipinski definition) is 1. The standard InChI is InChI=1S/C17H26N2O2/c1-5-6-8-18-17(21)7-9-19(15(4)20)16-11-13(2)10-14(3)12-16/h10-12H,5-9H2,1-4H3,(H,18,21). The van der Waals surface area contributed by atoms with Crippen LogP contribution in [0, 0.1) is 13.8 Å². The normalized spacial score (nSPS) is 10.3. The van der Waals surface area contributed by atoms with Crippen molar-refractivity contribution in [1.29, 1.82) is 0 Å². The number of carbonyl (C=O) groups is 2. The number of rotatable bonds is 7. The molecule has 0 radical (unpaired) electrons. The van der Waals surface area contributed by atoms with Gasteiger partial charge >= 0.3 is 0 Å². The topological polar surface area (TPSA) is 49.4 Å². The third-order valence-electron chi connectivity index (χ3n) is 3.31. The van der Waals surface area contributed by atoms with Gasteiger partial charge in [0, 0.05) is 32.1 Å². The Morgan fingerprint density at radius 2 is 1.76 bits per heavy atom. The first-order valence-electron chi connectivity index (χ1n) is 7.57. The molecule has 116 valence electrons. The van der Waals surface area contributed by atoms with E-state index in [1.54, 1.807) is 4.90 Å². The van der Waals surface area contributed by atoms with Gasteiger partial charge in [0.1, 0.15) is 0 Å². The summed E-state index contributed by atoms with van der Waals surface area (Å²) < 4.78 is 0. The number of unbranched alkanes of at least 4 members (excludes halogenated alkanes) is 1. The second-order valence-electron chi connectivity index (χ2n) is 5.47. The first-order valence-corrected chi connectivity index (χ1v) is 7.57. The van der Waals surface area contributed by atoms with Crippen LogP contribution in [0.15, 0.2) is 18.2 Å². The molecule has 0 saturated carbocycles. The van der Waals surface area contributed by atoms with Crippen molar-refractivity contribution in [2.24, 2.45) is 0 Å². The van der Waals surface area contributed by atoms with Crippen LogP contribution in [0.3, 0.4) is 0 Å². The van der Waals surface area contributed by atoms with Crippen LogP contribution in [0.5, 0.6) is 0 Å². The van der Waals surface area contributed by atoms with Gasteiger partial charge in [0.05, 0.1) is 0 Å². The van der Waals surface area contributed by atoms with E-state index >= 15 is 0 Å². The van der Waals surface area contributed by atoms with Crippen molar-refractivity contribution >= 4 is 17.5 Å². The van der Waals surface area contributed by atoms with E-state index in [1.165, 1.54) is 6.92 Å². The predicted molar refractivity (Wildman–Crippen MR) is 86.5 cm³/mol. The molecule has 0 aromatic heterocycles. The Bertz CT molecular complexity index is 477. The van der Waals surface area contributed by atoms with Gasteiger partial charge in [-0.2, -0.15) is 0 Å². The van der Waals surface area contributed by atoms with E-state index in [0.29, 0.717) is 19.5 Å². The van der Waals surface area contributed by atoms with Crippen molar-refractivity contribution in [3.8, 4) is 0 Å². The minimum absolute atomic E-state index is 0.000856. The van der Waals surface area contributed by atoms with Crippen molar-refractivity contribution in [3.05, 3.63) is 29.3 Å². The first-order chi connectivity index (χ1) is 9.93. The van der Waals surface area contributed by atoms with Gasteiger partial charge in [-0.25, -0.2) is 0 Å². The maximum atomic E-state index is 11.8. The summed E-state index contributed by atoms with van der Waals surface area (Å²) in [6.45, 7) is 8.75. The molecule has 0 aliphatic carbocycles. The Hall–Kier alpha value is -1.84. The van der Waals surface area contributed by atoms with Crippen LogP contribution in [0.25, 0.3) is 0 Å². The number of aryl methyl sites for hydroxylation is 2. The van der Waals surface area contributed by atoms with Gasteiger partial charge in [0.25, 0.3) is 0 Å². The molecule has 0 spiro atoms. The average Bonchev–Trinajstić information content (AvgIpc) is 2.37. The lowest BCUT2D eigenvalue weighted by Crippen LogP contribution is -2.34. The summed E-state index contributed by atoms with van der Waals surface area (Å²) in [6, 6.07) is 6.02. The zero-order chi connectivity index (χ0) is 15.8. The molecule has 1 N–H and O–H groups in total. The SMILES string of the molecule is CCCCNC(=O)CCN(C(C)=O)c1cc(C)cc(C)c1. The Morgan fingerprint density at radius 1 is 1.14 bits per heavy atom. The molecule has 2 amide bonds. The predicted octanol–water partition coefficient (Wildman–Crippen LogP) is 2.96. The number of carbonyl (C=O) groups excluding carboxylic acids is 2. The zero-order valence-electron chi connectivity index (χ0n) is 13.5. The summed E-state index contributed by atoms with van der Waals surface area (Å²) in [7, 11) is 0. The second kappa shape index (κ2) is 8.45. The minimum atomic E-state index is -0.0404. The van der Waals surface area contributed by atoms with Crippen molar-refractivity contribution < 1.29 is 9.59 Å². The number of nitrogens with zero attached hydrogens (tertiary/aromatic N) is 1. The van der Waals surface area contributed by atoms with Gasteiger partial charge in [-0.15, -0.1) is 0 Å². The molecule has 1 aromatic carbocycles. The summed E-state index contributed by atoms with van der Waals surface area (Å²) in [5, 5.41) is 2.88. The Kier molecular flexibility index (Phi) is 6.92. The summed E-state index contributed by atoms with van der Waals surface area (Å²) in [5.41, 5.74) is 3.09. The maximum Gasteiger partial charge on any atom is 0.223 e. The third-order valence-corrected chi connectivity index (χ3v) is 3.31. The van der Waals surface area contributed by atoms with Gasteiger partial charge in [0.2, 0.25) is 11.8 Å². The Morgan fingerprint density at radius 3 is 2.29 bits per heavy atom. The lowest BCUT2D eigenvalue weighted by atomic mass is 10.1. The molecule has 1 aromatic rings. The van der Waals surface area contributed by atoms with Gasteiger partial charge in [-0.3, -0.25) is 9.59 Å². The fraction of sp³-hybridized carbons (Fsp3) is 0.529. The number of nitrogens with one attached hydrogen (secondary N) is 1. The number of hydrogen-bond acceptors (Lipinski definition) is 2. The molecule has 21 heavy (non-hydrogen) atoms. The summed E-state index contributed by atoms with van der Waals surface area (Å²) in [5.74, 6) is -0.0413. The lowest BCUT2D eigenvalue weighted by molar-refractivity contribution is -0.121. The average molecular weight is 290 g/mol. The smallest absolute Gasteiger partial charge is 0.223 e. The molecule has 1 rings (SSSR count). The Balaban J connectivity index is 2.66. The van der Waals surface area contributed by atoms with Gasteiger partial charge < -0.3 is 10.2 Å². The molecule has 0 aliphatic heterocycles. The number of benzene rings is 1. The van der Waals surface area contributed by atoms with Gasteiger partial charge in [-0.1, -0.05) is 19.4 Å². The van der Waals surface area contributed by atoms with Crippen molar-refractivity contribution in [3.63, 3.8) is 0 Å². The van der Waals surface area contributed by atoms with Crippen LogP contribution >= 0.6 is 0 Å². The quantitative estimate of drug-likeness (QED) is 0.785. The monoisotopic (exact) mass is 290 g/mol. The molecule has 0 heterocycles. The minimum Gasteiger partial charge on any atom is -0.356 e. The zero-order valence-corrected chi connectivity index (χ0v) is 13.5. The van der Waals surface area contributed by atoms with E-state index in [0.717, 1.165) is 29.7 Å². The van der Waals surface area contributed by atoms with Crippen molar-refractivity contribution in [1.82, 2.24) is 5.32 Å². The lowest BCUT2D eigenvalue weighted by Gasteiger charge is -2.22. The molecule has 0 fully saturated rings. The fourth-order valence-corrected chi connectivity index (χ4v) is 2.28. The first kappa shape index (κ1) is 17.2. The van der Waals surface area contributed by atoms with Crippen molar-refractivity contribution in [2.75, 3.05) is 18.0 Å². The molecule has 0 unspecified atom stereocenters. The summed E-state index contributed by atoms with van der Waals surface area (Å²) in [6.07, 6.45) is 2.37. The maximum absolute atomic E-state index is 11.8. The molecular weight excluding hydrogens is 264 g/mol. The van der Waals surface area contributed by atoms with Crippen molar-refractivity contribution in [2.45, 2.75) is 47.0 Å². The molecular formula is C17H26N2O2. The van der Waals surface area contributed by atoms with E-state index < -0.39 is 0 Å². The molecule has 0 bridgehead atoms. The highest BCUT2D eigenvalue weighted by atomic mass is 16.2. The highest BCUT2D eigenvalue weighted by Gasteiger charge is 2.13. The van der Waals surface area contributed by atoms with E-state index in [2.05, 4.69) is 18.3 Å². The van der Waals surface area contributed by atoms with E-state index in [-0.39, 0.29) is 11.8 Å². The molecule has 0 atom stereocenters. The largest absolute Gasteiger partial charge is 0.356 e. The molecule has 0 saturated heterocycles. The fourth-order valence-electron chi connectivity index (χ4n) is 2.28. The summed E-state index contributed by atoms with van der Waals surface area (Å²) >= 11 is 0. The van der Waals surface area contributed by atoms with Gasteiger partial charge in [0.15, 0.2) is 0 Å². The number of amides is 2. The van der Waals surface area contributed by atoms with Crippen LogP contribution < -0.4 is 10.2 Å². The number of anilines is 1. The second-order valence-corrected chi connectivity index (χ2v) is 5.47. The summed E-state index contributed by atoms with van der Waals surface area (Å²) in [4.78, 5) is 25.3. The van der Waals surface area contributed by atoms with E-state index in [4.69, 9.17) is 0 Å². The van der Waals surface area contributed by atoms with E-state index in [9.17, 15) is 9.59 Å².